The van der Waals surface area contributed by atoms with Crippen LogP contribution in [-0.4, -0.2) is 62.6 Å². The standard InChI is InChI=1S/C18H28N4O5/c1-6-26-14-9-8-13(10-15(14)27-7-2)20-16(23)11-22(5)12(3)17(24)21-18(25)19-4/h8-10,12H,6-7,11H2,1-5H3,(H,20,23)(H2,19,21,24,25)/t12-/m1/s1. The first-order chi connectivity index (χ1) is 12.8. The van der Waals surface area contributed by atoms with E-state index in [9.17, 15) is 14.4 Å². The van der Waals surface area contributed by atoms with Crippen molar-refractivity contribution in [3.05, 3.63) is 18.2 Å². The Morgan fingerprint density at radius 2 is 1.74 bits per heavy atom. The Morgan fingerprint density at radius 1 is 1.11 bits per heavy atom. The molecule has 1 aromatic rings. The predicted molar refractivity (Wildman–Crippen MR) is 102 cm³/mol. The summed E-state index contributed by atoms with van der Waals surface area (Å²) in [5.74, 6) is 0.353. The largest absolute Gasteiger partial charge is 0.490 e. The van der Waals surface area contributed by atoms with Gasteiger partial charge in [0.2, 0.25) is 11.8 Å². The summed E-state index contributed by atoms with van der Waals surface area (Å²) in [5, 5.41) is 7.24. The van der Waals surface area contributed by atoms with Crippen molar-refractivity contribution in [1.29, 1.82) is 0 Å². The van der Waals surface area contributed by atoms with Crippen LogP contribution < -0.4 is 25.4 Å². The van der Waals surface area contributed by atoms with E-state index >= 15 is 0 Å². The second-order valence-corrected chi connectivity index (χ2v) is 5.74. The van der Waals surface area contributed by atoms with Crippen LogP contribution in [-0.2, 0) is 9.59 Å². The molecule has 1 rings (SSSR count). The molecule has 9 heteroatoms. The van der Waals surface area contributed by atoms with Gasteiger partial charge in [-0.25, -0.2) is 4.79 Å². The van der Waals surface area contributed by atoms with Gasteiger partial charge in [0.15, 0.2) is 11.5 Å². The minimum Gasteiger partial charge on any atom is -0.490 e. The van der Waals surface area contributed by atoms with E-state index < -0.39 is 18.0 Å². The summed E-state index contributed by atoms with van der Waals surface area (Å²) in [6.45, 7) is 6.30. The van der Waals surface area contributed by atoms with Crippen molar-refractivity contribution in [3.8, 4) is 11.5 Å². The van der Waals surface area contributed by atoms with Gasteiger partial charge in [-0.05, 0) is 40.0 Å². The Hall–Kier alpha value is -2.81. The van der Waals surface area contributed by atoms with E-state index in [-0.39, 0.29) is 12.5 Å². The number of ether oxygens (including phenoxy) is 2. The number of nitrogens with zero attached hydrogens (tertiary/aromatic N) is 1. The molecule has 0 aliphatic heterocycles. The van der Waals surface area contributed by atoms with Gasteiger partial charge in [-0.15, -0.1) is 0 Å². The van der Waals surface area contributed by atoms with Crippen LogP contribution in [0.15, 0.2) is 18.2 Å². The SMILES string of the molecule is CCOc1ccc(NC(=O)CN(C)[C@H](C)C(=O)NC(=O)NC)cc1OCC. The molecule has 27 heavy (non-hydrogen) atoms. The molecule has 0 aliphatic carbocycles. The summed E-state index contributed by atoms with van der Waals surface area (Å²) in [7, 11) is 3.04. The van der Waals surface area contributed by atoms with Gasteiger partial charge in [-0.3, -0.25) is 19.8 Å². The number of carbonyl (C=O) groups excluding carboxylic acids is 3. The van der Waals surface area contributed by atoms with E-state index in [0.29, 0.717) is 30.4 Å². The Morgan fingerprint density at radius 3 is 2.33 bits per heavy atom. The number of urea groups is 1. The number of hydrogen-bond acceptors (Lipinski definition) is 6. The molecule has 1 aromatic carbocycles. The molecule has 0 radical (unpaired) electrons. The van der Waals surface area contributed by atoms with E-state index in [1.807, 2.05) is 13.8 Å². The minimum absolute atomic E-state index is 0.0283. The average Bonchev–Trinajstić information content (AvgIpc) is 2.63. The van der Waals surface area contributed by atoms with Crippen LogP contribution in [0.1, 0.15) is 20.8 Å². The first-order valence-electron chi connectivity index (χ1n) is 8.74. The molecule has 0 spiro atoms. The fraction of sp³-hybridized carbons (Fsp3) is 0.500. The number of likely N-dealkylation sites (N-methyl/N-ethyl adjacent to an activating group) is 1. The van der Waals surface area contributed by atoms with Crippen molar-refractivity contribution >= 4 is 23.5 Å². The number of hydrogen-bond donors (Lipinski definition) is 3. The molecule has 0 unspecified atom stereocenters. The van der Waals surface area contributed by atoms with E-state index in [1.54, 1.807) is 32.2 Å². The number of benzene rings is 1. The van der Waals surface area contributed by atoms with Gasteiger partial charge in [0, 0.05) is 18.8 Å². The zero-order chi connectivity index (χ0) is 20.4. The molecule has 0 aromatic heterocycles. The summed E-state index contributed by atoms with van der Waals surface area (Å²) in [6.07, 6.45) is 0. The normalized spacial score (nSPS) is 11.5. The quantitative estimate of drug-likeness (QED) is 0.594. The minimum atomic E-state index is -0.660. The molecule has 150 valence electrons. The second kappa shape index (κ2) is 11.0. The molecule has 1 atom stereocenters. The third kappa shape index (κ3) is 7.14. The molecule has 4 amide bonds. The zero-order valence-corrected chi connectivity index (χ0v) is 16.4. The number of imide groups is 1. The number of amides is 4. The van der Waals surface area contributed by atoms with Crippen molar-refractivity contribution < 1.29 is 23.9 Å². The van der Waals surface area contributed by atoms with Crippen LogP contribution in [0, 0.1) is 0 Å². The summed E-state index contributed by atoms with van der Waals surface area (Å²) < 4.78 is 11.0. The fourth-order valence-corrected chi connectivity index (χ4v) is 2.17. The van der Waals surface area contributed by atoms with Crippen LogP contribution in [0.5, 0.6) is 11.5 Å². The third-order valence-electron chi connectivity index (χ3n) is 3.72. The highest BCUT2D eigenvalue weighted by molar-refractivity contribution is 5.97. The highest BCUT2D eigenvalue weighted by Gasteiger charge is 2.21. The molecular weight excluding hydrogens is 352 g/mol. The van der Waals surface area contributed by atoms with Crippen LogP contribution in [0.3, 0.4) is 0 Å². The summed E-state index contributed by atoms with van der Waals surface area (Å²) in [4.78, 5) is 36.9. The highest BCUT2D eigenvalue weighted by atomic mass is 16.5. The van der Waals surface area contributed by atoms with Gasteiger partial charge in [0.25, 0.3) is 0 Å². The van der Waals surface area contributed by atoms with Crippen LogP contribution >= 0.6 is 0 Å². The zero-order valence-electron chi connectivity index (χ0n) is 16.4. The Labute approximate surface area is 159 Å². The van der Waals surface area contributed by atoms with Gasteiger partial charge in [0.05, 0.1) is 25.8 Å². The maximum atomic E-state index is 12.3. The maximum Gasteiger partial charge on any atom is 0.321 e. The molecule has 0 aliphatic rings. The number of nitrogens with one attached hydrogen (secondary N) is 3. The first-order valence-corrected chi connectivity index (χ1v) is 8.74. The van der Waals surface area contributed by atoms with Crippen molar-refractivity contribution in [2.45, 2.75) is 26.8 Å². The highest BCUT2D eigenvalue weighted by Crippen LogP contribution is 2.30. The molecule has 3 N–H and O–H groups in total. The molecule has 0 bridgehead atoms. The van der Waals surface area contributed by atoms with Gasteiger partial charge in [-0.1, -0.05) is 0 Å². The fourth-order valence-electron chi connectivity index (χ4n) is 2.17. The number of anilines is 1. The average molecular weight is 380 g/mol. The van der Waals surface area contributed by atoms with Crippen LogP contribution in [0.2, 0.25) is 0 Å². The lowest BCUT2D eigenvalue weighted by molar-refractivity contribution is -0.125. The van der Waals surface area contributed by atoms with Gasteiger partial charge in [-0.2, -0.15) is 0 Å². The Kier molecular flexibility index (Phi) is 9.07. The third-order valence-corrected chi connectivity index (χ3v) is 3.72. The first kappa shape index (κ1) is 22.2. The molecule has 9 nitrogen and oxygen atoms in total. The van der Waals surface area contributed by atoms with Crippen molar-refractivity contribution in [3.63, 3.8) is 0 Å². The molecule has 0 heterocycles. The maximum absolute atomic E-state index is 12.3. The molecule has 0 saturated heterocycles. The number of carbonyl (C=O) groups is 3. The lowest BCUT2D eigenvalue weighted by atomic mass is 10.2. The predicted octanol–water partition coefficient (Wildman–Crippen LogP) is 1.20. The van der Waals surface area contributed by atoms with Gasteiger partial charge < -0.3 is 20.1 Å². The monoisotopic (exact) mass is 380 g/mol. The second-order valence-electron chi connectivity index (χ2n) is 5.74. The van der Waals surface area contributed by atoms with E-state index in [0.717, 1.165) is 0 Å². The molecular formula is C18H28N4O5. The number of rotatable bonds is 9. The lowest BCUT2D eigenvalue weighted by Crippen LogP contribution is -2.49. The van der Waals surface area contributed by atoms with E-state index in [2.05, 4.69) is 16.0 Å². The lowest BCUT2D eigenvalue weighted by Gasteiger charge is -2.23. The Balaban J connectivity index is 2.69. The summed E-state index contributed by atoms with van der Waals surface area (Å²) in [5.41, 5.74) is 0.558. The van der Waals surface area contributed by atoms with Crippen molar-refractivity contribution in [1.82, 2.24) is 15.5 Å². The van der Waals surface area contributed by atoms with Crippen molar-refractivity contribution in [2.24, 2.45) is 0 Å². The van der Waals surface area contributed by atoms with E-state index in [1.165, 1.54) is 11.9 Å². The molecule has 0 fully saturated rings. The van der Waals surface area contributed by atoms with Crippen LogP contribution in [0.25, 0.3) is 0 Å². The van der Waals surface area contributed by atoms with Gasteiger partial charge in [0.1, 0.15) is 0 Å². The molecule has 0 saturated carbocycles. The summed E-state index contributed by atoms with van der Waals surface area (Å²) >= 11 is 0. The van der Waals surface area contributed by atoms with Gasteiger partial charge >= 0.3 is 6.03 Å². The topological polar surface area (TPSA) is 109 Å². The smallest absolute Gasteiger partial charge is 0.321 e. The Bertz CT molecular complexity index is 665. The van der Waals surface area contributed by atoms with E-state index in [4.69, 9.17) is 9.47 Å². The van der Waals surface area contributed by atoms with Crippen molar-refractivity contribution in [2.75, 3.05) is 39.2 Å². The van der Waals surface area contributed by atoms with Crippen LogP contribution in [0.4, 0.5) is 10.5 Å². The summed E-state index contributed by atoms with van der Waals surface area (Å²) in [6, 6.07) is 3.88.